The number of nitrogens with two attached hydrogens (primary N) is 1. The molecule has 1 aromatic carbocycles. The fourth-order valence-electron chi connectivity index (χ4n) is 1.89. The van der Waals surface area contributed by atoms with E-state index in [1.807, 2.05) is 12.1 Å². The van der Waals surface area contributed by atoms with Gasteiger partial charge in [-0.2, -0.15) is 0 Å². The van der Waals surface area contributed by atoms with Crippen LogP contribution in [0.4, 0.5) is 0 Å². The molecule has 2 heteroatoms. The first-order chi connectivity index (χ1) is 7.22. The molecule has 0 saturated carbocycles. The first kappa shape index (κ1) is 12.2. The van der Waals surface area contributed by atoms with Crippen LogP contribution in [0.3, 0.4) is 0 Å². The Kier molecular flexibility index (Phi) is 4.79. The molecule has 84 valence electrons. The molecule has 0 aliphatic rings. The van der Waals surface area contributed by atoms with Gasteiger partial charge in [0.15, 0.2) is 0 Å². The smallest absolute Gasteiger partial charge is 0.0912 e. The number of aliphatic hydroxyl groups excluding tert-OH is 1. The van der Waals surface area contributed by atoms with Crippen molar-refractivity contribution >= 4 is 0 Å². The van der Waals surface area contributed by atoms with Crippen molar-refractivity contribution in [3.8, 4) is 0 Å². The van der Waals surface area contributed by atoms with Crippen molar-refractivity contribution in [1.82, 2.24) is 0 Å². The van der Waals surface area contributed by atoms with E-state index in [1.165, 1.54) is 5.56 Å². The molecular weight excluding hydrogens is 186 g/mol. The third-order valence-corrected chi connectivity index (χ3v) is 3.00. The van der Waals surface area contributed by atoms with E-state index >= 15 is 0 Å². The molecule has 0 amide bonds. The molecular formula is C13H21NO. The molecule has 1 aromatic rings. The second kappa shape index (κ2) is 5.89. The standard InChI is InChI=1S/C13H21NO/c1-3-10(4-2)11-5-7-12(8-6-11)13(15)9-14/h5-8,10,13,15H,3-4,9,14H2,1-2H3. The summed E-state index contributed by atoms with van der Waals surface area (Å²) in [4.78, 5) is 0. The van der Waals surface area contributed by atoms with E-state index < -0.39 is 6.10 Å². The first-order valence-corrected chi connectivity index (χ1v) is 5.70. The average Bonchev–Trinajstić information content (AvgIpc) is 2.30. The Morgan fingerprint density at radius 2 is 1.53 bits per heavy atom. The molecule has 0 heterocycles. The summed E-state index contributed by atoms with van der Waals surface area (Å²) in [5.41, 5.74) is 7.67. The summed E-state index contributed by atoms with van der Waals surface area (Å²) < 4.78 is 0. The van der Waals surface area contributed by atoms with Crippen LogP contribution < -0.4 is 5.73 Å². The van der Waals surface area contributed by atoms with Gasteiger partial charge < -0.3 is 10.8 Å². The second-order valence-corrected chi connectivity index (χ2v) is 3.93. The van der Waals surface area contributed by atoms with Gasteiger partial charge in [0.2, 0.25) is 0 Å². The monoisotopic (exact) mass is 207 g/mol. The minimum absolute atomic E-state index is 0.282. The van der Waals surface area contributed by atoms with Crippen LogP contribution in [0, 0.1) is 0 Å². The fourth-order valence-corrected chi connectivity index (χ4v) is 1.89. The van der Waals surface area contributed by atoms with Crippen molar-refractivity contribution in [2.24, 2.45) is 5.73 Å². The highest BCUT2D eigenvalue weighted by atomic mass is 16.3. The molecule has 0 radical (unpaired) electrons. The summed E-state index contributed by atoms with van der Waals surface area (Å²) in [5.74, 6) is 0.633. The van der Waals surface area contributed by atoms with Gasteiger partial charge in [-0.1, -0.05) is 38.1 Å². The molecule has 0 aliphatic carbocycles. The Balaban J connectivity index is 2.79. The lowest BCUT2D eigenvalue weighted by Gasteiger charge is -2.14. The molecule has 3 N–H and O–H groups in total. The predicted octanol–water partition coefficient (Wildman–Crippen LogP) is 2.58. The Morgan fingerprint density at radius 3 is 1.93 bits per heavy atom. The van der Waals surface area contributed by atoms with Crippen LogP contribution in [-0.2, 0) is 0 Å². The highest BCUT2D eigenvalue weighted by molar-refractivity contribution is 5.26. The largest absolute Gasteiger partial charge is 0.387 e. The van der Waals surface area contributed by atoms with Gasteiger partial charge in [0.1, 0.15) is 0 Å². The van der Waals surface area contributed by atoms with Crippen molar-refractivity contribution in [1.29, 1.82) is 0 Å². The Labute approximate surface area is 92.1 Å². The van der Waals surface area contributed by atoms with Crippen LogP contribution in [-0.4, -0.2) is 11.7 Å². The summed E-state index contributed by atoms with van der Waals surface area (Å²) in [6, 6.07) is 8.16. The maximum Gasteiger partial charge on any atom is 0.0912 e. The van der Waals surface area contributed by atoms with Gasteiger partial charge >= 0.3 is 0 Å². The van der Waals surface area contributed by atoms with Crippen LogP contribution in [0.25, 0.3) is 0 Å². The summed E-state index contributed by atoms with van der Waals surface area (Å²) in [5, 5.41) is 9.55. The van der Waals surface area contributed by atoms with Crippen molar-refractivity contribution in [3.63, 3.8) is 0 Å². The zero-order valence-corrected chi connectivity index (χ0v) is 9.61. The molecule has 0 aliphatic heterocycles. The zero-order chi connectivity index (χ0) is 11.3. The highest BCUT2D eigenvalue weighted by Gasteiger charge is 2.08. The van der Waals surface area contributed by atoms with Crippen molar-refractivity contribution < 1.29 is 5.11 Å². The predicted molar refractivity (Wildman–Crippen MR) is 63.8 cm³/mol. The highest BCUT2D eigenvalue weighted by Crippen LogP contribution is 2.24. The SMILES string of the molecule is CCC(CC)c1ccc(C(O)CN)cc1. The average molecular weight is 207 g/mol. The third-order valence-electron chi connectivity index (χ3n) is 3.00. The maximum absolute atomic E-state index is 9.55. The molecule has 0 fully saturated rings. The van der Waals surface area contributed by atoms with Gasteiger partial charge in [-0.3, -0.25) is 0 Å². The molecule has 2 nitrogen and oxygen atoms in total. The normalized spacial score (nSPS) is 13.1. The zero-order valence-electron chi connectivity index (χ0n) is 9.61. The molecule has 1 atom stereocenters. The first-order valence-electron chi connectivity index (χ1n) is 5.70. The van der Waals surface area contributed by atoms with E-state index in [4.69, 9.17) is 5.73 Å². The lowest BCUT2D eigenvalue weighted by Crippen LogP contribution is -2.11. The molecule has 15 heavy (non-hydrogen) atoms. The van der Waals surface area contributed by atoms with Crippen molar-refractivity contribution in [3.05, 3.63) is 35.4 Å². The van der Waals surface area contributed by atoms with Gasteiger partial charge in [0, 0.05) is 6.54 Å². The maximum atomic E-state index is 9.55. The number of benzene rings is 1. The third kappa shape index (κ3) is 3.05. The number of aliphatic hydroxyl groups is 1. The van der Waals surface area contributed by atoms with Crippen molar-refractivity contribution in [2.75, 3.05) is 6.54 Å². The van der Waals surface area contributed by atoms with Gasteiger partial charge in [0.05, 0.1) is 6.10 Å². The summed E-state index contributed by atoms with van der Waals surface area (Å²) in [7, 11) is 0. The number of rotatable bonds is 5. The topological polar surface area (TPSA) is 46.2 Å². The summed E-state index contributed by atoms with van der Waals surface area (Å²) in [6.07, 6.45) is 1.80. The molecule has 0 bridgehead atoms. The molecule has 0 spiro atoms. The minimum Gasteiger partial charge on any atom is -0.387 e. The van der Waals surface area contributed by atoms with E-state index in [2.05, 4.69) is 26.0 Å². The van der Waals surface area contributed by atoms with E-state index in [1.54, 1.807) is 0 Å². The number of hydrogen-bond acceptors (Lipinski definition) is 2. The van der Waals surface area contributed by atoms with Crippen LogP contribution in [0.5, 0.6) is 0 Å². The van der Waals surface area contributed by atoms with Gasteiger partial charge in [0.25, 0.3) is 0 Å². The molecule has 0 aromatic heterocycles. The molecule has 0 saturated heterocycles. The van der Waals surface area contributed by atoms with Crippen LogP contribution in [0.2, 0.25) is 0 Å². The van der Waals surface area contributed by atoms with E-state index in [9.17, 15) is 5.11 Å². The van der Waals surface area contributed by atoms with Crippen LogP contribution in [0.15, 0.2) is 24.3 Å². The van der Waals surface area contributed by atoms with E-state index in [-0.39, 0.29) is 6.54 Å². The lowest BCUT2D eigenvalue weighted by molar-refractivity contribution is 0.186. The Morgan fingerprint density at radius 1 is 1.07 bits per heavy atom. The van der Waals surface area contributed by atoms with E-state index in [0.29, 0.717) is 5.92 Å². The van der Waals surface area contributed by atoms with Crippen LogP contribution >= 0.6 is 0 Å². The summed E-state index contributed by atoms with van der Waals surface area (Å²) in [6.45, 7) is 4.69. The van der Waals surface area contributed by atoms with Crippen molar-refractivity contribution in [2.45, 2.75) is 38.7 Å². The fraction of sp³-hybridized carbons (Fsp3) is 0.538. The minimum atomic E-state index is -0.527. The van der Waals surface area contributed by atoms with E-state index in [0.717, 1.165) is 18.4 Å². The summed E-state index contributed by atoms with van der Waals surface area (Å²) >= 11 is 0. The van der Waals surface area contributed by atoms with Gasteiger partial charge in [-0.05, 0) is 29.9 Å². The quantitative estimate of drug-likeness (QED) is 0.779. The molecule has 1 unspecified atom stereocenters. The Bertz CT molecular complexity index is 277. The number of hydrogen-bond donors (Lipinski definition) is 2. The lowest BCUT2D eigenvalue weighted by atomic mass is 9.93. The second-order valence-electron chi connectivity index (χ2n) is 3.93. The van der Waals surface area contributed by atoms with Gasteiger partial charge in [-0.25, -0.2) is 0 Å². The Hall–Kier alpha value is -0.860. The molecule has 1 rings (SSSR count). The van der Waals surface area contributed by atoms with Gasteiger partial charge in [-0.15, -0.1) is 0 Å². The van der Waals surface area contributed by atoms with Crippen LogP contribution in [0.1, 0.15) is 49.8 Å².